The maximum absolute atomic E-state index is 4.90. The van der Waals surface area contributed by atoms with E-state index in [1.807, 2.05) is 21.0 Å². The Labute approximate surface area is 55.7 Å². The second-order valence-corrected chi connectivity index (χ2v) is 2.06. The van der Waals surface area contributed by atoms with E-state index < -0.39 is 0 Å². The molecule has 0 heterocycles. The van der Waals surface area contributed by atoms with Crippen LogP contribution in [-0.2, 0) is 0 Å². The predicted molar refractivity (Wildman–Crippen MR) is 40.2 cm³/mol. The lowest BCUT2D eigenvalue weighted by atomic mass is 10.3. The van der Waals surface area contributed by atoms with Crippen molar-refractivity contribution in [2.24, 2.45) is 0 Å². The largest absolute Gasteiger partial charge is 0.381 e. The van der Waals surface area contributed by atoms with E-state index in [9.17, 15) is 0 Å². The van der Waals surface area contributed by atoms with E-state index in [0.717, 1.165) is 4.99 Å². The molecule has 0 rings (SSSR count). The van der Waals surface area contributed by atoms with Crippen molar-refractivity contribution >= 4 is 17.2 Å². The summed E-state index contributed by atoms with van der Waals surface area (Å²) in [6.45, 7) is 2.01. The molecule has 48 valence electrons. The van der Waals surface area contributed by atoms with Gasteiger partial charge in [0.2, 0.25) is 0 Å². The molecule has 0 aliphatic rings. The third-order valence-electron chi connectivity index (χ3n) is 1.07. The molecule has 0 fully saturated rings. The highest BCUT2D eigenvalue weighted by atomic mass is 32.1. The predicted octanol–water partition coefficient (Wildman–Crippen LogP) is 0.141. The monoisotopic (exact) mass is 132 g/mol. The molecule has 0 radical (unpaired) electrons. The molecule has 0 aromatic carbocycles. The minimum Gasteiger partial charge on any atom is -0.381 e. The van der Waals surface area contributed by atoms with Crippen molar-refractivity contribution in [3.63, 3.8) is 0 Å². The van der Waals surface area contributed by atoms with E-state index in [2.05, 4.69) is 10.6 Å². The molecule has 0 aromatic rings. The Kier molecular flexibility index (Phi) is 3.73. The van der Waals surface area contributed by atoms with Crippen LogP contribution >= 0.6 is 12.2 Å². The SMILES string of the molecule is CNC(=S)[C@H](C)NC. The Bertz CT molecular complexity index is 82.5. The molecule has 0 spiro atoms. The summed E-state index contributed by atoms with van der Waals surface area (Å²) < 4.78 is 0. The van der Waals surface area contributed by atoms with E-state index in [1.165, 1.54) is 0 Å². The van der Waals surface area contributed by atoms with Crippen LogP contribution in [0.3, 0.4) is 0 Å². The fourth-order valence-electron chi connectivity index (χ4n) is 0.348. The van der Waals surface area contributed by atoms with Gasteiger partial charge in [0.25, 0.3) is 0 Å². The zero-order valence-electron chi connectivity index (χ0n) is 5.49. The second-order valence-electron chi connectivity index (χ2n) is 1.62. The summed E-state index contributed by atoms with van der Waals surface area (Å²) >= 11 is 4.90. The van der Waals surface area contributed by atoms with Crippen molar-refractivity contribution in [2.45, 2.75) is 13.0 Å². The summed E-state index contributed by atoms with van der Waals surface area (Å²) in [7, 11) is 3.71. The Morgan fingerprint density at radius 2 is 2.00 bits per heavy atom. The van der Waals surface area contributed by atoms with Gasteiger partial charge in [-0.1, -0.05) is 12.2 Å². The minimum atomic E-state index is 0.287. The third kappa shape index (κ3) is 2.23. The van der Waals surface area contributed by atoms with E-state index >= 15 is 0 Å². The average Bonchev–Trinajstić information content (AvgIpc) is 1.84. The first kappa shape index (κ1) is 7.85. The summed E-state index contributed by atoms with van der Waals surface area (Å²) in [6.07, 6.45) is 0. The number of hydrogen-bond acceptors (Lipinski definition) is 2. The lowest BCUT2D eigenvalue weighted by molar-refractivity contribution is 0.753. The Balaban J connectivity index is 3.46. The van der Waals surface area contributed by atoms with Crippen LogP contribution in [0.2, 0.25) is 0 Å². The van der Waals surface area contributed by atoms with Gasteiger partial charge in [-0.3, -0.25) is 0 Å². The van der Waals surface area contributed by atoms with E-state index in [1.54, 1.807) is 0 Å². The summed E-state index contributed by atoms with van der Waals surface area (Å²) in [5, 5.41) is 5.90. The summed E-state index contributed by atoms with van der Waals surface area (Å²) in [4.78, 5) is 0.854. The van der Waals surface area contributed by atoms with Crippen LogP contribution in [0.15, 0.2) is 0 Å². The quantitative estimate of drug-likeness (QED) is 0.523. The van der Waals surface area contributed by atoms with Gasteiger partial charge in [-0.15, -0.1) is 0 Å². The van der Waals surface area contributed by atoms with E-state index in [4.69, 9.17) is 12.2 Å². The topological polar surface area (TPSA) is 24.1 Å². The Morgan fingerprint density at radius 1 is 1.50 bits per heavy atom. The fourth-order valence-corrected chi connectivity index (χ4v) is 0.465. The third-order valence-corrected chi connectivity index (χ3v) is 1.63. The number of rotatable bonds is 2. The molecule has 0 unspecified atom stereocenters. The molecule has 0 saturated heterocycles. The van der Waals surface area contributed by atoms with Gasteiger partial charge in [-0.05, 0) is 14.0 Å². The molecule has 0 bridgehead atoms. The van der Waals surface area contributed by atoms with Crippen molar-refractivity contribution < 1.29 is 0 Å². The van der Waals surface area contributed by atoms with Gasteiger partial charge in [0.1, 0.15) is 0 Å². The first-order chi connectivity index (χ1) is 3.72. The summed E-state index contributed by atoms with van der Waals surface area (Å²) in [5.41, 5.74) is 0. The zero-order valence-corrected chi connectivity index (χ0v) is 6.30. The number of thiocarbonyl (C=S) groups is 1. The van der Waals surface area contributed by atoms with E-state index in [0.29, 0.717) is 0 Å². The van der Waals surface area contributed by atoms with Gasteiger partial charge in [-0.2, -0.15) is 0 Å². The van der Waals surface area contributed by atoms with Crippen LogP contribution in [0.5, 0.6) is 0 Å². The lowest BCUT2D eigenvalue weighted by Crippen LogP contribution is -2.36. The minimum absolute atomic E-state index is 0.287. The molecule has 1 atom stereocenters. The van der Waals surface area contributed by atoms with Gasteiger partial charge >= 0.3 is 0 Å². The van der Waals surface area contributed by atoms with Gasteiger partial charge in [0, 0.05) is 7.05 Å². The van der Waals surface area contributed by atoms with Crippen LogP contribution < -0.4 is 10.6 Å². The molecule has 8 heavy (non-hydrogen) atoms. The smallest absolute Gasteiger partial charge is 0.0920 e. The molecule has 0 aromatic heterocycles. The summed E-state index contributed by atoms with van der Waals surface area (Å²) in [5.74, 6) is 0. The molecule has 2 nitrogen and oxygen atoms in total. The van der Waals surface area contributed by atoms with Crippen LogP contribution in [0.1, 0.15) is 6.92 Å². The average molecular weight is 132 g/mol. The molecule has 0 aliphatic heterocycles. The number of likely N-dealkylation sites (N-methyl/N-ethyl adjacent to an activating group) is 2. The van der Waals surface area contributed by atoms with Gasteiger partial charge in [0.05, 0.1) is 11.0 Å². The molecular weight excluding hydrogens is 120 g/mol. The summed E-state index contributed by atoms with van der Waals surface area (Å²) in [6, 6.07) is 0.287. The fraction of sp³-hybridized carbons (Fsp3) is 0.800. The molecule has 2 N–H and O–H groups in total. The Morgan fingerprint density at radius 3 is 2.12 bits per heavy atom. The van der Waals surface area contributed by atoms with Crippen molar-refractivity contribution in [1.82, 2.24) is 10.6 Å². The maximum atomic E-state index is 4.90. The van der Waals surface area contributed by atoms with Crippen LogP contribution in [-0.4, -0.2) is 25.1 Å². The molecule has 0 saturated carbocycles. The highest BCUT2D eigenvalue weighted by Gasteiger charge is 1.99. The lowest BCUT2D eigenvalue weighted by Gasteiger charge is -2.09. The van der Waals surface area contributed by atoms with Crippen LogP contribution in [0, 0.1) is 0 Å². The van der Waals surface area contributed by atoms with Gasteiger partial charge in [-0.25, -0.2) is 0 Å². The van der Waals surface area contributed by atoms with E-state index in [-0.39, 0.29) is 6.04 Å². The molecule has 0 amide bonds. The zero-order chi connectivity index (χ0) is 6.57. The van der Waals surface area contributed by atoms with Crippen LogP contribution in [0.4, 0.5) is 0 Å². The van der Waals surface area contributed by atoms with Crippen molar-refractivity contribution in [3.8, 4) is 0 Å². The normalized spacial score (nSPS) is 12.9. The second kappa shape index (κ2) is 3.80. The molecule has 3 heteroatoms. The first-order valence-electron chi connectivity index (χ1n) is 2.61. The number of nitrogens with one attached hydrogen (secondary N) is 2. The molecule has 0 aliphatic carbocycles. The van der Waals surface area contributed by atoms with Crippen LogP contribution in [0.25, 0.3) is 0 Å². The highest BCUT2D eigenvalue weighted by molar-refractivity contribution is 7.80. The standard InChI is InChI=1S/C5H12N2S/c1-4(6-2)5(8)7-3/h4,6H,1-3H3,(H,7,8)/t4-/m0/s1. The highest BCUT2D eigenvalue weighted by Crippen LogP contribution is 1.79. The molecular formula is C5H12N2S. The van der Waals surface area contributed by atoms with Crippen molar-refractivity contribution in [3.05, 3.63) is 0 Å². The van der Waals surface area contributed by atoms with Gasteiger partial charge < -0.3 is 10.6 Å². The Hall–Kier alpha value is -0.150. The number of hydrogen-bond donors (Lipinski definition) is 2. The van der Waals surface area contributed by atoms with Gasteiger partial charge in [0.15, 0.2) is 0 Å². The van der Waals surface area contributed by atoms with Crippen molar-refractivity contribution in [2.75, 3.05) is 14.1 Å². The maximum Gasteiger partial charge on any atom is 0.0920 e. The van der Waals surface area contributed by atoms with Crippen molar-refractivity contribution in [1.29, 1.82) is 0 Å². The first-order valence-corrected chi connectivity index (χ1v) is 3.02.